The number of Topliss-reactive ketones (excluding diaryl/α,β-unsaturated/α-hetero) is 1. The molecule has 8 nitrogen and oxygen atoms in total. The molecule has 0 aliphatic heterocycles. The first-order valence-electron chi connectivity index (χ1n) is 11.3. The number of likely N-dealkylation sites (N-methyl/N-ethyl adjacent to an activating group) is 1. The van der Waals surface area contributed by atoms with Crippen LogP contribution < -0.4 is 9.62 Å². The Morgan fingerprint density at radius 3 is 2.24 bits per heavy atom. The van der Waals surface area contributed by atoms with Crippen molar-refractivity contribution in [3.05, 3.63) is 65.7 Å². The van der Waals surface area contributed by atoms with Crippen LogP contribution in [0.15, 0.2) is 54.6 Å². The fourth-order valence-electron chi connectivity index (χ4n) is 3.68. The second-order valence-corrected chi connectivity index (χ2v) is 9.92. The van der Waals surface area contributed by atoms with Gasteiger partial charge >= 0.3 is 0 Å². The van der Waals surface area contributed by atoms with Gasteiger partial charge in [0, 0.05) is 18.7 Å². The molecule has 184 valence electrons. The predicted octanol–water partition coefficient (Wildman–Crippen LogP) is 2.64. The van der Waals surface area contributed by atoms with Gasteiger partial charge in [-0.1, -0.05) is 49.4 Å². The van der Waals surface area contributed by atoms with Crippen LogP contribution in [0.25, 0.3) is 0 Å². The first-order valence-corrected chi connectivity index (χ1v) is 13.1. The molecule has 2 amide bonds. The lowest BCUT2D eigenvalue weighted by Gasteiger charge is -2.32. The van der Waals surface area contributed by atoms with Crippen LogP contribution in [-0.4, -0.2) is 62.8 Å². The molecule has 0 saturated carbocycles. The van der Waals surface area contributed by atoms with E-state index in [1.807, 2.05) is 37.3 Å². The Kier molecular flexibility index (Phi) is 9.80. The van der Waals surface area contributed by atoms with E-state index in [9.17, 15) is 22.8 Å². The molecule has 0 spiro atoms. The Labute approximate surface area is 202 Å². The summed E-state index contributed by atoms with van der Waals surface area (Å²) in [6.45, 7) is 5.19. The number of carbonyl (C=O) groups excluding carboxylic acids is 3. The highest BCUT2D eigenvalue weighted by Gasteiger charge is 2.31. The van der Waals surface area contributed by atoms with Crippen molar-refractivity contribution in [3.8, 4) is 0 Å². The molecular weight excluding hydrogens is 454 g/mol. The highest BCUT2D eigenvalue weighted by atomic mass is 32.2. The van der Waals surface area contributed by atoms with Crippen molar-refractivity contribution < 1.29 is 22.8 Å². The summed E-state index contributed by atoms with van der Waals surface area (Å²) < 4.78 is 26.2. The second kappa shape index (κ2) is 12.3. The van der Waals surface area contributed by atoms with Crippen LogP contribution >= 0.6 is 0 Å². The van der Waals surface area contributed by atoms with Crippen LogP contribution in [-0.2, 0) is 26.0 Å². The number of ketones is 1. The van der Waals surface area contributed by atoms with Crippen LogP contribution in [0.5, 0.6) is 0 Å². The monoisotopic (exact) mass is 487 g/mol. The van der Waals surface area contributed by atoms with Gasteiger partial charge in [0.2, 0.25) is 21.8 Å². The zero-order valence-electron chi connectivity index (χ0n) is 20.2. The largest absolute Gasteiger partial charge is 0.355 e. The molecule has 9 heteroatoms. The van der Waals surface area contributed by atoms with E-state index < -0.39 is 28.5 Å². The lowest BCUT2D eigenvalue weighted by atomic mass is 10.1. The van der Waals surface area contributed by atoms with Gasteiger partial charge in [-0.2, -0.15) is 0 Å². The summed E-state index contributed by atoms with van der Waals surface area (Å²) in [6.07, 6.45) is 1.91. The molecule has 1 N–H and O–H groups in total. The first-order chi connectivity index (χ1) is 16.1. The minimum atomic E-state index is -3.85. The maximum atomic E-state index is 13.5. The van der Waals surface area contributed by atoms with Crippen LogP contribution in [0.2, 0.25) is 0 Å². The smallest absolute Gasteiger partial charge is 0.244 e. The van der Waals surface area contributed by atoms with Gasteiger partial charge in [-0.05, 0) is 44.4 Å². The number of sulfonamides is 1. The maximum Gasteiger partial charge on any atom is 0.244 e. The molecule has 0 fully saturated rings. The molecule has 2 aromatic rings. The van der Waals surface area contributed by atoms with E-state index in [2.05, 4.69) is 5.32 Å². The predicted molar refractivity (Wildman–Crippen MR) is 133 cm³/mol. The molecule has 2 aromatic carbocycles. The van der Waals surface area contributed by atoms with E-state index in [1.165, 1.54) is 24.0 Å². The van der Waals surface area contributed by atoms with Gasteiger partial charge in [0.25, 0.3) is 0 Å². The number of nitrogens with zero attached hydrogens (tertiary/aromatic N) is 2. The van der Waals surface area contributed by atoms with E-state index in [0.717, 1.165) is 16.1 Å². The molecule has 2 rings (SSSR count). The molecule has 0 unspecified atom stereocenters. The number of nitrogens with one attached hydrogen (secondary N) is 1. The van der Waals surface area contributed by atoms with Gasteiger partial charge in [-0.3, -0.25) is 18.7 Å². The van der Waals surface area contributed by atoms with Crippen LogP contribution in [0.1, 0.15) is 43.1 Å². The molecule has 0 saturated heterocycles. The van der Waals surface area contributed by atoms with Crippen LogP contribution in [0, 0.1) is 0 Å². The molecule has 0 aliphatic carbocycles. The van der Waals surface area contributed by atoms with Crippen molar-refractivity contribution in [1.82, 2.24) is 10.2 Å². The van der Waals surface area contributed by atoms with Crippen LogP contribution in [0.4, 0.5) is 5.69 Å². The molecular formula is C25H33N3O5S. The zero-order chi connectivity index (χ0) is 25.3. The van der Waals surface area contributed by atoms with E-state index in [1.54, 1.807) is 19.1 Å². The molecule has 34 heavy (non-hydrogen) atoms. The average molecular weight is 488 g/mol. The minimum Gasteiger partial charge on any atom is -0.355 e. The normalized spacial score (nSPS) is 12.0. The van der Waals surface area contributed by atoms with E-state index in [0.29, 0.717) is 24.9 Å². The van der Waals surface area contributed by atoms with E-state index >= 15 is 0 Å². The quantitative estimate of drug-likeness (QED) is 0.464. The fraction of sp³-hybridized carbons (Fsp3) is 0.400. The average Bonchev–Trinajstić information content (AvgIpc) is 2.80. The number of rotatable bonds is 12. The summed E-state index contributed by atoms with van der Waals surface area (Å²) in [5.41, 5.74) is 1.56. The third-order valence-corrected chi connectivity index (χ3v) is 6.58. The van der Waals surface area contributed by atoms with Gasteiger partial charge in [0.1, 0.15) is 12.6 Å². The lowest BCUT2D eigenvalue weighted by Crippen LogP contribution is -2.53. The number of hydrogen-bond donors (Lipinski definition) is 1. The third-order valence-electron chi connectivity index (χ3n) is 5.44. The highest BCUT2D eigenvalue weighted by Crippen LogP contribution is 2.21. The number of amides is 2. The van der Waals surface area contributed by atoms with Gasteiger partial charge in [-0.15, -0.1) is 0 Å². The zero-order valence-corrected chi connectivity index (χ0v) is 21.0. The van der Waals surface area contributed by atoms with Crippen molar-refractivity contribution in [2.24, 2.45) is 0 Å². The topological polar surface area (TPSA) is 104 Å². The first kappa shape index (κ1) is 27.0. The highest BCUT2D eigenvalue weighted by molar-refractivity contribution is 7.92. The Hall–Kier alpha value is -3.20. The summed E-state index contributed by atoms with van der Waals surface area (Å²) in [5.74, 6) is -0.989. The van der Waals surface area contributed by atoms with Crippen molar-refractivity contribution in [1.29, 1.82) is 0 Å². The lowest BCUT2D eigenvalue weighted by molar-refractivity contribution is -0.139. The van der Waals surface area contributed by atoms with Gasteiger partial charge in [0.15, 0.2) is 5.78 Å². The third kappa shape index (κ3) is 7.41. The van der Waals surface area contributed by atoms with E-state index in [4.69, 9.17) is 0 Å². The van der Waals surface area contributed by atoms with Crippen LogP contribution in [0.3, 0.4) is 0 Å². The maximum absolute atomic E-state index is 13.5. The molecule has 0 aliphatic rings. The van der Waals surface area contributed by atoms with Crippen molar-refractivity contribution in [3.63, 3.8) is 0 Å². The molecule has 0 heterocycles. The Bertz CT molecular complexity index is 1100. The summed E-state index contributed by atoms with van der Waals surface area (Å²) in [6, 6.07) is 15.0. The number of anilines is 1. The SMILES string of the molecule is CCNC(=O)[C@H](CC)N(CCc1ccccc1)C(=O)CN(c1cccc(C(C)=O)c1)S(C)(=O)=O. The minimum absolute atomic E-state index is 0.214. The standard InChI is InChI=1S/C25H33N3O5S/c1-5-23(25(31)26-6-2)27(16-15-20-11-8-7-9-12-20)24(30)18-28(34(4,32)33)22-14-10-13-21(17-22)19(3)29/h7-14,17,23H,5-6,15-16,18H2,1-4H3,(H,26,31)/t23-/m0/s1. The van der Waals surface area contributed by atoms with Gasteiger partial charge < -0.3 is 10.2 Å². The van der Waals surface area contributed by atoms with Crippen molar-refractivity contribution in [2.45, 2.75) is 39.7 Å². The van der Waals surface area contributed by atoms with Gasteiger partial charge in [-0.25, -0.2) is 8.42 Å². The Morgan fingerprint density at radius 2 is 1.68 bits per heavy atom. The summed E-state index contributed by atoms with van der Waals surface area (Å²) in [4.78, 5) is 39.5. The molecule has 0 bridgehead atoms. The number of hydrogen-bond acceptors (Lipinski definition) is 5. The summed E-state index contributed by atoms with van der Waals surface area (Å²) >= 11 is 0. The summed E-state index contributed by atoms with van der Waals surface area (Å²) in [5, 5.41) is 2.76. The number of carbonyl (C=O) groups is 3. The molecule has 0 radical (unpaired) electrons. The van der Waals surface area contributed by atoms with Gasteiger partial charge in [0.05, 0.1) is 11.9 Å². The Morgan fingerprint density at radius 1 is 1.00 bits per heavy atom. The van der Waals surface area contributed by atoms with Crippen molar-refractivity contribution >= 4 is 33.3 Å². The molecule has 1 atom stereocenters. The second-order valence-electron chi connectivity index (χ2n) is 8.02. The van der Waals surface area contributed by atoms with E-state index in [-0.39, 0.29) is 23.9 Å². The van der Waals surface area contributed by atoms with Crippen molar-refractivity contribution in [2.75, 3.05) is 30.2 Å². The number of benzene rings is 2. The summed E-state index contributed by atoms with van der Waals surface area (Å²) in [7, 11) is -3.85. The fourth-order valence-corrected chi connectivity index (χ4v) is 4.52. The molecule has 0 aromatic heterocycles. The Balaban J connectivity index is 2.38.